The first-order valence-electron chi connectivity index (χ1n) is 11.4. The van der Waals surface area contributed by atoms with E-state index in [9.17, 15) is 4.79 Å². The lowest BCUT2D eigenvalue weighted by molar-refractivity contribution is -0.114. The van der Waals surface area contributed by atoms with Gasteiger partial charge in [-0.2, -0.15) is 0 Å². The first-order chi connectivity index (χ1) is 16.0. The minimum absolute atomic E-state index is 0.0811. The Bertz CT molecular complexity index is 1050. The average Bonchev–Trinajstić information content (AvgIpc) is 2.99. The number of hydrazine groups is 1. The molecule has 1 fully saturated rings. The van der Waals surface area contributed by atoms with Gasteiger partial charge in [-0.25, -0.2) is 9.31 Å². The first-order valence-corrected chi connectivity index (χ1v) is 12.2. The normalized spacial score (nSPS) is 21.6. The fraction of sp³-hybridized carbons (Fsp3) is 0.400. The van der Waals surface area contributed by atoms with Crippen LogP contribution in [0.15, 0.2) is 59.1 Å². The predicted octanol–water partition coefficient (Wildman–Crippen LogP) is 3.58. The van der Waals surface area contributed by atoms with Gasteiger partial charge in [0.25, 0.3) is 0 Å². The maximum Gasteiger partial charge on any atom is 0.221 e. The molecule has 3 aliphatic rings. The van der Waals surface area contributed by atoms with E-state index >= 15 is 0 Å². The molecule has 2 aromatic rings. The summed E-state index contributed by atoms with van der Waals surface area (Å²) in [5.74, 6) is 0.745. The minimum Gasteiger partial charge on any atom is -0.487 e. The van der Waals surface area contributed by atoms with Gasteiger partial charge in [-0.3, -0.25) is 4.79 Å². The van der Waals surface area contributed by atoms with Crippen LogP contribution in [0.4, 0.5) is 5.69 Å². The molecule has 1 unspecified atom stereocenters. The van der Waals surface area contributed by atoms with Crippen molar-refractivity contribution in [1.29, 1.82) is 0 Å². The summed E-state index contributed by atoms with van der Waals surface area (Å²) in [5, 5.41) is 7.41. The van der Waals surface area contributed by atoms with Crippen molar-refractivity contribution in [2.75, 3.05) is 52.2 Å². The number of carbonyl (C=O) groups excluding carboxylic acids is 1. The number of fused-ring (bicyclic) bond motifs is 2. The number of anilines is 1. The van der Waals surface area contributed by atoms with E-state index in [1.54, 1.807) is 0 Å². The molecule has 1 N–H and O–H groups in total. The first kappa shape index (κ1) is 22.3. The lowest BCUT2D eigenvalue weighted by atomic mass is 10.1. The zero-order valence-electron chi connectivity index (χ0n) is 19.5. The monoisotopic (exact) mass is 465 g/mol. The highest BCUT2D eigenvalue weighted by molar-refractivity contribution is 7.97. The number of piperazine rings is 1. The molecule has 174 valence electrons. The van der Waals surface area contributed by atoms with E-state index in [1.165, 1.54) is 17.4 Å². The van der Waals surface area contributed by atoms with E-state index in [2.05, 4.69) is 69.0 Å². The summed E-state index contributed by atoms with van der Waals surface area (Å²) in [5.41, 5.74) is 4.31. The Morgan fingerprint density at radius 1 is 1.06 bits per heavy atom. The number of ether oxygens (including phenoxy) is 1. The van der Waals surface area contributed by atoms with Crippen LogP contribution >= 0.6 is 11.9 Å². The largest absolute Gasteiger partial charge is 0.487 e. The van der Waals surface area contributed by atoms with Crippen LogP contribution in [-0.4, -0.2) is 72.0 Å². The van der Waals surface area contributed by atoms with Crippen LogP contribution in [0, 0.1) is 0 Å². The highest BCUT2D eigenvalue weighted by atomic mass is 32.2. The molecular formula is C25H31N5O2S. The lowest BCUT2D eigenvalue weighted by Gasteiger charge is -2.32. The van der Waals surface area contributed by atoms with Gasteiger partial charge < -0.3 is 20.0 Å². The van der Waals surface area contributed by atoms with Crippen LogP contribution < -0.4 is 10.1 Å². The number of likely N-dealkylation sites (N-methyl/N-ethyl adjacent to an activating group) is 2. The van der Waals surface area contributed by atoms with Gasteiger partial charge in [0.2, 0.25) is 5.91 Å². The Hall–Kier alpha value is -2.52. The Kier molecular flexibility index (Phi) is 6.34. The number of rotatable bonds is 4. The van der Waals surface area contributed by atoms with Crippen LogP contribution in [0.3, 0.4) is 0 Å². The molecular weight excluding hydrogens is 434 g/mol. The summed E-state index contributed by atoms with van der Waals surface area (Å²) in [6.07, 6.45) is 2.29. The van der Waals surface area contributed by atoms with Gasteiger partial charge in [-0.15, -0.1) is 0 Å². The molecule has 33 heavy (non-hydrogen) atoms. The highest BCUT2D eigenvalue weighted by Crippen LogP contribution is 2.38. The van der Waals surface area contributed by atoms with E-state index in [-0.39, 0.29) is 11.9 Å². The van der Waals surface area contributed by atoms with E-state index in [0.717, 1.165) is 55.4 Å². The van der Waals surface area contributed by atoms with Gasteiger partial charge in [-0.1, -0.05) is 18.2 Å². The predicted molar refractivity (Wildman–Crippen MR) is 132 cm³/mol. The smallest absolute Gasteiger partial charge is 0.221 e. The molecule has 0 bridgehead atoms. The molecule has 5 rings (SSSR count). The zero-order valence-corrected chi connectivity index (χ0v) is 20.3. The van der Waals surface area contributed by atoms with E-state index in [0.29, 0.717) is 6.61 Å². The number of hydrogen-bond donors (Lipinski definition) is 1. The standard InChI is InChI=1S/C25H31N5O2S/c1-18(31)26-21-7-4-20-16-30-22(17-32-25(20)14-21)15-24(28(30)3)19-5-8-23(9-6-19)33-29-12-10-27(2)11-13-29/h4-9,14-15,24H,10-13,16-17H2,1-3H3,(H,26,31). The molecule has 7 nitrogen and oxygen atoms in total. The van der Waals surface area contributed by atoms with Gasteiger partial charge in [-0.05, 0) is 48.8 Å². The third kappa shape index (κ3) is 4.89. The Morgan fingerprint density at radius 2 is 1.82 bits per heavy atom. The van der Waals surface area contributed by atoms with Crippen molar-refractivity contribution in [2.45, 2.75) is 24.4 Å². The number of hydrogen-bond acceptors (Lipinski definition) is 7. The third-order valence-corrected chi connectivity index (χ3v) is 7.57. The molecule has 1 amide bonds. The molecule has 1 saturated heterocycles. The summed E-state index contributed by atoms with van der Waals surface area (Å²) in [7, 11) is 4.32. The number of benzene rings is 2. The summed E-state index contributed by atoms with van der Waals surface area (Å²) in [6.45, 7) is 7.22. The summed E-state index contributed by atoms with van der Waals surface area (Å²) in [4.78, 5) is 15.0. The summed E-state index contributed by atoms with van der Waals surface area (Å²) < 4.78 is 8.58. The molecule has 3 heterocycles. The van der Waals surface area contributed by atoms with Gasteiger partial charge in [0.1, 0.15) is 12.4 Å². The molecule has 8 heteroatoms. The Balaban J connectivity index is 1.27. The molecule has 1 atom stereocenters. The average molecular weight is 466 g/mol. The maximum absolute atomic E-state index is 11.4. The minimum atomic E-state index is -0.0811. The second-order valence-electron chi connectivity index (χ2n) is 8.92. The van der Waals surface area contributed by atoms with Crippen molar-refractivity contribution in [3.05, 3.63) is 65.4 Å². The topological polar surface area (TPSA) is 51.3 Å². The van der Waals surface area contributed by atoms with Crippen molar-refractivity contribution in [2.24, 2.45) is 0 Å². The molecule has 0 radical (unpaired) electrons. The molecule has 2 aromatic carbocycles. The van der Waals surface area contributed by atoms with Crippen molar-refractivity contribution in [1.82, 2.24) is 19.2 Å². The van der Waals surface area contributed by atoms with Crippen LogP contribution in [0.25, 0.3) is 0 Å². The fourth-order valence-electron chi connectivity index (χ4n) is 4.54. The van der Waals surface area contributed by atoms with Crippen molar-refractivity contribution in [3.63, 3.8) is 0 Å². The number of nitrogens with zero attached hydrogens (tertiary/aromatic N) is 4. The highest BCUT2D eigenvalue weighted by Gasteiger charge is 2.33. The van der Waals surface area contributed by atoms with Crippen molar-refractivity contribution >= 4 is 23.5 Å². The van der Waals surface area contributed by atoms with Crippen LogP contribution in [0.2, 0.25) is 0 Å². The Labute approximate surface area is 200 Å². The van der Waals surface area contributed by atoms with Crippen molar-refractivity contribution in [3.8, 4) is 5.75 Å². The number of carbonyl (C=O) groups is 1. The van der Waals surface area contributed by atoms with E-state index < -0.39 is 0 Å². The fourth-order valence-corrected chi connectivity index (χ4v) is 5.45. The van der Waals surface area contributed by atoms with E-state index in [4.69, 9.17) is 4.74 Å². The lowest BCUT2D eigenvalue weighted by Crippen LogP contribution is -2.40. The van der Waals surface area contributed by atoms with Gasteiger partial charge in [0, 0.05) is 62.4 Å². The summed E-state index contributed by atoms with van der Waals surface area (Å²) >= 11 is 1.86. The van der Waals surface area contributed by atoms with Gasteiger partial charge >= 0.3 is 0 Å². The van der Waals surface area contributed by atoms with Crippen LogP contribution in [0.5, 0.6) is 5.75 Å². The Morgan fingerprint density at radius 3 is 2.55 bits per heavy atom. The van der Waals surface area contributed by atoms with Gasteiger partial charge in [0.05, 0.1) is 18.3 Å². The molecule has 0 spiro atoms. The van der Waals surface area contributed by atoms with Gasteiger partial charge in [0.15, 0.2) is 0 Å². The summed E-state index contributed by atoms with van der Waals surface area (Å²) in [6, 6.07) is 15.0. The second kappa shape index (κ2) is 9.38. The third-order valence-electron chi connectivity index (χ3n) is 6.47. The SMILES string of the molecule is CC(=O)Nc1ccc2c(c1)OCC1=CC(c3ccc(SN4CCN(C)CC4)cc3)N(C)N1C2. The number of nitrogens with one attached hydrogen (secondary N) is 1. The van der Waals surface area contributed by atoms with Crippen molar-refractivity contribution < 1.29 is 9.53 Å². The zero-order chi connectivity index (χ0) is 22.9. The molecule has 0 saturated carbocycles. The quantitative estimate of drug-likeness (QED) is 0.693. The van der Waals surface area contributed by atoms with Crippen LogP contribution in [0.1, 0.15) is 24.1 Å². The molecule has 0 aliphatic carbocycles. The number of amides is 1. The molecule has 3 aliphatic heterocycles. The van der Waals surface area contributed by atoms with Crippen LogP contribution in [-0.2, 0) is 11.3 Å². The van der Waals surface area contributed by atoms with E-state index in [1.807, 2.05) is 30.1 Å². The maximum atomic E-state index is 11.4. The second-order valence-corrected chi connectivity index (χ2v) is 10.1. The molecule has 0 aromatic heterocycles.